The van der Waals surface area contributed by atoms with Crippen molar-refractivity contribution in [3.8, 4) is 12.3 Å². The fourth-order valence-electron chi connectivity index (χ4n) is 2.23. The summed E-state index contributed by atoms with van der Waals surface area (Å²) in [5, 5.41) is 0.860. The Hall–Kier alpha value is -3.06. The number of rotatable bonds is 7. The second-order valence-electron chi connectivity index (χ2n) is 5.25. The van der Waals surface area contributed by atoms with Crippen molar-refractivity contribution in [2.24, 2.45) is 0 Å². The van der Waals surface area contributed by atoms with Crippen LogP contribution in [0.5, 0.6) is 0 Å². The number of carbonyl (C=O) groups is 2. The molecule has 2 rings (SSSR count). The van der Waals surface area contributed by atoms with Crippen LogP contribution in [-0.2, 0) is 9.53 Å². The molecule has 1 heterocycles. The first-order valence-electron chi connectivity index (χ1n) is 7.47. The number of hydrogen-bond donors (Lipinski definition) is 0. The van der Waals surface area contributed by atoms with Gasteiger partial charge in [0.25, 0.3) is 0 Å². The Kier molecular flexibility index (Phi) is 5.75. The molecule has 0 N–H and O–H groups in total. The molecule has 1 aromatic heterocycles. The Morgan fingerprint density at radius 1 is 1.29 bits per heavy atom. The fraction of sp³-hybridized carbons (Fsp3) is 0.200. The number of carbonyl (C=O) groups excluding carboxylic acids is 2. The summed E-state index contributed by atoms with van der Waals surface area (Å²) in [4.78, 5) is 24.6. The highest BCUT2D eigenvalue weighted by molar-refractivity contribution is 6.04. The lowest BCUT2D eigenvalue weighted by Gasteiger charge is -2.04. The van der Waals surface area contributed by atoms with Gasteiger partial charge in [-0.05, 0) is 43.3 Å². The van der Waals surface area contributed by atoms with Crippen LogP contribution in [0.3, 0.4) is 0 Å². The van der Waals surface area contributed by atoms with Gasteiger partial charge in [-0.15, -0.1) is 6.42 Å². The molecule has 0 saturated carbocycles. The molecular weight excluding hydrogens is 304 g/mol. The van der Waals surface area contributed by atoms with Gasteiger partial charge >= 0.3 is 0 Å². The van der Waals surface area contributed by atoms with Crippen molar-refractivity contribution in [1.82, 2.24) is 0 Å². The minimum atomic E-state index is -0.193. The van der Waals surface area contributed by atoms with Crippen molar-refractivity contribution in [3.63, 3.8) is 0 Å². The van der Waals surface area contributed by atoms with Crippen molar-refractivity contribution in [2.75, 3.05) is 7.11 Å². The van der Waals surface area contributed by atoms with Gasteiger partial charge in [-0.25, -0.2) is 0 Å². The molecule has 0 aliphatic heterocycles. The molecular formula is C20H18O4. The maximum absolute atomic E-state index is 12.3. The van der Waals surface area contributed by atoms with Crippen molar-refractivity contribution >= 4 is 22.5 Å². The van der Waals surface area contributed by atoms with Crippen molar-refractivity contribution < 1.29 is 18.7 Å². The molecule has 0 amide bonds. The SMILES string of the molecule is C#C/C=C(\C=C(/C)OC)C(=O)CCC(=O)c1ccc2occc2c1. The van der Waals surface area contributed by atoms with Gasteiger partial charge in [-0.2, -0.15) is 0 Å². The van der Waals surface area contributed by atoms with E-state index in [4.69, 9.17) is 15.6 Å². The molecule has 0 spiro atoms. The Balaban J connectivity index is 2.05. The first-order chi connectivity index (χ1) is 11.5. The molecule has 0 unspecified atom stereocenters. The van der Waals surface area contributed by atoms with E-state index in [9.17, 15) is 9.59 Å². The maximum atomic E-state index is 12.3. The van der Waals surface area contributed by atoms with E-state index >= 15 is 0 Å². The maximum Gasteiger partial charge on any atom is 0.164 e. The molecule has 0 aliphatic carbocycles. The van der Waals surface area contributed by atoms with Crippen LogP contribution in [0.2, 0.25) is 0 Å². The lowest BCUT2D eigenvalue weighted by atomic mass is 10.0. The van der Waals surface area contributed by atoms with Gasteiger partial charge in [0.15, 0.2) is 11.6 Å². The number of fused-ring (bicyclic) bond motifs is 1. The summed E-state index contributed by atoms with van der Waals surface area (Å²) in [5.41, 5.74) is 1.64. The number of terminal acetylenes is 1. The topological polar surface area (TPSA) is 56.5 Å². The van der Waals surface area contributed by atoms with Crippen LogP contribution in [0, 0.1) is 12.3 Å². The van der Waals surface area contributed by atoms with E-state index in [1.54, 1.807) is 43.5 Å². The van der Waals surface area contributed by atoms with Crippen LogP contribution >= 0.6 is 0 Å². The van der Waals surface area contributed by atoms with Crippen molar-refractivity contribution in [3.05, 3.63) is 59.6 Å². The van der Waals surface area contributed by atoms with E-state index in [-0.39, 0.29) is 24.4 Å². The van der Waals surface area contributed by atoms with Gasteiger partial charge in [-0.3, -0.25) is 9.59 Å². The summed E-state index contributed by atoms with van der Waals surface area (Å²) in [6.07, 6.45) is 9.98. The summed E-state index contributed by atoms with van der Waals surface area (Å²) in [6, 6.07) is 7.01. The number of ketones is 2. The summed E-state index contributed by atoms with van der Waals surface area (Å²) in [5.74, 6) is 2.62. The summed E-state index contributed by atoms with van der Waals surface area (Å²) in [7, 11) is 1.51. The highest BCUT2D eigenvalue weighted by Gasteiger charge is 2.13. The predicted molar refractivity (Wildman–Crippen MR) is 92.5 cm³/mol. The van der Waals surface area contributed by atoms with Gasteiger partial charge in [0.1, 0.15) is 5.58 Å². The number of Topliss-reactive ketones (excluding diaryl/α,β-unsaturated/α-hetero) is 2. The number of methoxy groups -OCH3 is 1. The molecule has 0 bridgehead atoms. The van der Waals surface area contributed by atoms with Crippen LogP contribution in [0.25, 0.3) is 11.0 Å². The zero-order valence-electron chi connectivity index (χ0n) is 13.7. The molecule has 0 atom stereocenters. The molecule has 122 valence electrons. The molecule has 0 radical (unpaired) electrons. The number of benzene rings is 1. The van der Waals surface area contributed by atoms with E-state index in [0.717, 1.165) is 11.0 Å². The highest BCUT2D eigenvalue weighted by atomic mass is 16.5. The lowest BCUT2D eigenvalue weighted by Crippen LogP contribution is -2.06. The minimum absolute atomic E-state index is 0.0866. The van der Waals surface area contributed by atoms with Crippen LogP contribution < -0.4 is 0 Å². The molecule has 1 aromatic carbocycles. The van der Waals surface area contributed by atoms with Crippen LogP contribution in [0.1, 0.15) is 30.1 Å². The highest BCUT2D eigenvalue weighted by Crippen LogP contribution is 2.19. The smallest absolute Gasteiger partial charge is 0.164 e. The normalized spacial score (nSPS) is 12.0. The first-order valence-corrected chi connectivity index (χ1v) is 7.47. The molecule has 0 saturated heterocycles. The van der Waals surface area contributed by atoms with Gasteiger partial charge in [0.2, 0.25) is 0 Å². The summed E-state index contributed by atoms with van der Waals surface area (Å²) in [6.45, 7) is 1.73. The number of furan rings is 1. The standard InChI is InChI=1S/C20H18O4/c1-4-5-15(12-14(2)23-3)18(21)7-8-19(22)16-6-9-20-17(13-16)10-11-24-20/h1,5-6,9-13H,7-8H2,2-3H3/b14-12+,15-5+. The second-order valence-corrected chi connectivity index (χ2v) is 5.25. The average Bonchev–Trinajstić information content (AvgIpc) is 3.06. The molecule has 2 aromatic rings. The Morgan fingerprint density at radius 3 is 2.79 bits per heavy atom. The zero-order chi connectivity index (χ0) is 17.5. The van der Waals surface area contributed by atoms with E-state index in [1.807, 2.05) is 0 Å². The second kappa shape index (κ2) is 7.98. The van der Waals surface area contributed by atoms with Crippen LogP contribution in [0.15, 0.2) is 58.4 Å². The predicted octanol–water partition coefficient (Wildman–Crippen LogP) is 4.07. The monoisotopic (exact) mass is 322 g/mol. The van der Waals surface area contributed by atoms with E-state index in [0.29, 0.717) is 16.9 Å². The third-order valence-electron chi connectivity index (χ3n) is 3.60. The van der Waals surface area contributed by atoms with E-state index in [1.165, 1.54) is 13.2 Å². The minimum Gasteiger partial charge on any atom is -0.501 e. The number of hydrogen-bond acceptors (Lipinski definition) is 4. The Morgan fingerprint density at radius 2 is 2.08 bits per heavy atom. The van der Waals surface area contributed by atoms with Crippen molar-refractivity contribution in [1.29, 1.82) is 0 Å². The quantitative estimate of drug-likeness (QED) is 0.253. The third kappa shape index (κ3) is 4.23. The van der Waals surface area contributed by atoms with Gasteiger partial charge in [0.05, 0.1) is 19.1 Å². The summed E-state index contributed by atoms with van der Waals surface area (Å²) >= 11 is 0. The van der Waals surface area contributed by atoms with Gasteiger partial charge < -0.3 is 9.15 Å². The first kappa shape index (κ1) is 17.3. The average molecular weight is 322 g/mol. The molecule has 4 heteroatoms. The lowest BCUT2D eigenvalue weighted by molar-refractivity contribution is -0.115. The van der Waals surface area contributed by atoms with Gasteiger partial charge in [0, 0.05) is 29.4 Å². The Labute approximate surface area is 140 Å². The number of ether oxygens (including phenoxy) is 1. The fourth-order valence-corrected chi connectivity index (χ4v) is 2.23. The molecule has 4 nitrogen and oxygen atoms in total. The largest absolute Gasteiger partial charge is 0.501 e. The van der Waals surface area contributed by atoms with Gasteiger partial charge in [-0.1, -0.05) is 5.92 Å². The summed E-state index contributed by atoms with van der Waals surface area (Å²) < 4.78 is 10.3. The van der Waals surface area contributed by atoms with Crippen LogP contribution in [-0.4, -0.2) is 18.7 Å². The molecule has 24 heavy (non-hydrogen) atoms. The zero-order valence-corrected chi connectivity index (χ0v) is 13.7. The third-order valence-corrected chi connectivity index (χ3v) is 3.60. The Bertz CT molecular complexity index is 859. The van der Waals surface area contributed by atoms with E-state index < -0.39 is 0 Å². The van der Waals surface area contributed by atoms with E-state index in [2.05, 4.69) is 5.92 Å². The molecule has 0 fully saturated rings. The number of allylic oxidation sites excluding steroid dienone is 4. The molecule has 0 aliphatic rings. The van der Waals surface area contributed by atoms with Crippen LogP contribution in [0.4, 0.5) is 0 Å². The van der Waals surface area contributed by atoms with Crippen molar-refractivity contribution in [2.45, 2.75) is 19.8 Å².